The predicted octanol–water partition coefficient (Wildman–Crippen LogP) is 2.51. The van der Waals surface area contributed by atoms with Gasteiger partial charge in [0.1, 0.15) is 5.69 Å². The molecule has 1 aliphatic rings. The van der Waals surface area contributed by atoms with E-state index < -0.39 is 11.5 Å². The molecule has 1 aromatic rings. The first-order valence-corrected chi connectivity index (χ1v) is 7.23. The summed E-state index contributed by atoms with van der Waals surface area (Å²) in [7, 11) is 0. The van der Waals surface area contributed by atoms with Gasteiger partial charge in [-0.1, -0.05) is 26.8 Å². The van der Waals surface area contributed by atoms with Crippen LogP contribution in [0.2, 0.25) is 0 Å². The molecule has 0 aromatic carbocycles. The number of carbonyl (C=O) groups is 2. The summed E-state index contributed by atoms with van der Waals surface area (Å²) in [5, 5.41) is 11.8. The average Bonchev–Trinajstić information content (AvgIpc) is 2.34. The minimum absolute atomic E-state index is 0.0134. The number of rotatable bonds is 4. The van der Waals surface area contributed by atoms with E-state index in [0.717, 1.165) is 12.0 Å². The van der Waals surface area contributed by atoms with Crippen LogP contribution < -0.4 is 5.32 Å². The monoisotopic (exact) mass is 290 g/mol. The van der Waals surface area contributed by atoms with Gasteiger partial charge in [0.05, 0.1) is 12.0 Å². The molecule has 1 heterocycles. The molecule has 0 spiro atoms. The normalized spacial score (nSPS) is 16.9. The van der Waals surface area contributed by atoms with Crippen molar-refractivity contribution in [3.05, 3.63) is 29.6 Å². The van der Waals surface area contributed by atoms with E-state index in [1.807, 2.05) is 6.07 Å². The highest BCUT2D eigenvalue weighted by molar-refractivity contribution is 5.93. The van der Waals surface area contributed by atoms with E-state index in [1.165, 1.54) is 0 Å². The van der Waals surface area contributed by atoms with Gasteiger partial charge in [-0.25, -0.2) is 0 Å². The zero-order chi connectivity index (χ0) is 15.7. The molecular weight excluding hydrogens is 268 g/mol. The van der Waals surface area contributed by atoms with Crippen LogP contribution in [0.3, 0.4) is 0 Å². The lowest BCUT2D eigenvalue weighted by Crippen LogP contribution is -2.54. The quantitative estimate of drug-likeness (QED) is 0.893. The molecule has 114 valence electrons. The van der Waals surface area contributed by atoms with Crippen LogP contribution in [0.15, 0.2) is 18.3 Å². The Balaban J connectivity index is 2.08. The molecular formula is C16H22N2O3. The zero-order valence-electron chi connectivity index (χ0n) is 12.8. The third-order valence-electron chi connectivity index (χ3n) is 4.04. The number of hydrogen-bond donors (Lipinski definition) is 2. The first kappa shape index (κ1) is 15.5. The standard InChI is InChI=1S/C16H22N2O3/c1-15(2,3)11-5-6-12(17-10-11)14(21)18-16(7-4-8-16)9-13(19)20/h5-6,10H,4,7-9H2,1-3H3,(H,18,21)(H,19,20). The van der Waals surface area contributed by atoms with Crippen LogP contribution in [0.5, 0.6) is 0 Å². The molecule has 1 aromatic heterocycles. The van der Waals surface area contributed by atoms with E-state index in [2.05, 4.69) is 31.1 Å². The summed E-state index contributed by atoms with van der Waals surface area (Å²) in [4.78, 5) is 27.4. The second kappa shape index (κ2) is 5.47. The van der Waals surface area contributed by atoms with E-state index in [0.29, 0.717) is 18.5 Å². The fourth-order valence-electron chi connectivity index (χ4n) is 2.52. The molecule has 0 saturated heterocycles. The number of aromatic nitrogens is 1. The molecule has 1 saturated carbocycles. The summed E-state index contributed by atoms with van der Waals surface area (Å²) < 4.78 is 0. The van der Waals surface area contributed by atoms with E-state index in [9.17, 15) is 9.59 Å². The topological polar surface area (TPSA) is 79.3 Å². The van der Waals surface area contributed by atoms with Crippen molar-refractivity contribution in [2.45, 2.75) is 57.4 Å². The van der Waals surface area contributed by atoms with E-state index in [4.69, 9.17) is 5.11 Å². The summed E-state index contributed by atoms with van der Waals surface area (Å²) in [6.07, 6.45) is 4.05. The van der Waals surface area contributed by atoms with Crippen LogP contribution in [-0.2, 0) is 10.2 Å². The van der Waals surface area contributed by atoms with Crippen molar-refractivity contribution in [3.63, 3.8) is 0 Å². The smallest absolute Gasteiger partial charge is 0.305 e. The maximum absolute atomic E-state index is 12.2. The first-order chi connectivity index (χ1) is 9.72. The van der Waals surface area contributed by atoms with E-state index >= 15 is 0 Å². The van der Waals surface area contributed by atoms with Crippen LogP contribution in [0, 0.1) is 0 Å². The summed E-state index contributed by atoms with van der Waals surface area (Å²) in [6, 6.07) is 3.59. The van der Waals surface area contributed by atoms with Gasteiger partial charge < -0.3 is 10.4 Å². The highest BCUT2D eigenvalue weighted by atomic mass is 16.4. The molecule has 0 bridgehead atoms. The third-order valence-corrected chi connectivity index (χ3v) is 4.04. The van der Waals surface area contributed by atoms with Crippen molar-refractivity contribution in [2.75, 3.05) is 0 Å². The summed E-state index contributed by atoms with van der Waals surface area (Å²) in [5.41, 5.74) is 0.788. The Bertz CT molecular complexity index is 540. The number of hydrogen-bond acceptors (Lipinski definition) is 3. The van der Waals surface area contributed by atoms with Crippen LogP contribution in [0.1, 0.15) is 62.5 Å². The van der Waals surface area contributed by atoms with Gasteiger partial charge in [-0.15, -0.1) is 0 Å². The average molecular weight is 290 g/mol. The second-order valence-electron chi connectivity index (χ2n) is 6.84. The fraction of sp³-hybridized carbons (Fsp3) is 0.562. The molecule has 0 aliphatic heterocycles. The highest BCUT2D eigenvalue weighted by Gasteiger charge is 2.40. The molecule has 1 aliphatic carbocycles. The maximum atomic E-state index is 12.2. The summed E-state index contributed by atoms with van der Waals surface area (Å²) in [5.74, 6) is -1.18. The van der Waals surface area contributed by atoms with E-state index in [-0.39, 0.29) is 17.7 Å². The second-order valence-corrected chi connectivity index (χ2v) is 6.84. The number of amides is 1. The van der Waals surface area contributed by atoms with Gasteiger partial charge in [-0.2, -0.15) is 0 Å². The maximum Gasteiger partial charge on any atom is 0.305 e. The molecule has 0 atom stereocenters. The SMILES string of the molecule is CC(C)(C)c1ccc(C(=O)NC2(CC(=O)O)CCC2)nc1. The highest BCUT2D eigenvalue weighted by Crippen LogP contribution is 2.35. The fourth-order valence-corrected chi connectivity index (χ4v) is 2.52. The lowest BCUT2D eigenvalue weighted by atomic mass is 9.74. The Labute approximate surface area is 124 Å². The number of carboxylic acid groups (broad SMARTS) is 1. The van der Waals surface area contributed by atoms with Crippen LogP contribution >= 0.6 is 0 Å². The Kier molecular flexibility index (Phi) is 4.03. The Morgan fingerprint density at radius 3 is 2.38 bits per heavy atom. The summed E-state index contributed by atoms with van der Waals surface area (Å²) in [6.45, 7) is 6.25. The predicted molar refractivity (Wildman–Crippen MR) is 79.2 cm³/mol. The van der Waals surface area contributed by atoms with Crippen molar-refractivity contribution < 1.29 is 14.7 Å². The van der Waals surface area contributed by atoms with Crippen molar-refractivity contribution in [3.8, 4) is 0 Å². The number of aliphatic carboxylic acids is 1. The Morgan fingerprint density at radius 2 is 2.00 bits per heavy atom. The van der Waals surface area contributed by atoms with Gasteiger partial charge in [-0.3, -0.25) is 14.6 Å². The van der Waals surface area contributed by atoms with Crippen molar-refractivity contribution in [2.24, 2.45) is 0 Å². The molecule has 21 heavy (non-hydrogen) atoms. The number of nitrogens with one attached hydrogen (secondary N) is 1. The molecule has 1 fully saturated rings. The molecule has 2 rings (SSSR count). The van der Waals surface area contributed by atoms with Gasteiger partial charge in [0.2, 0.25) is 0 Å². The van der Waals surface area contributed by atoms with Crippen LogP contribution in [0.4, 0.5) is 0 Å². The number of carboxylic acids is 1. The Hall–Kier alpha value is -1.91. The third kappa shape index (κ3) is 3.60. The lowest BCUT2D eigenvalue weighted by molar-refractivity contribution is -0.139. The van der Waals surface area contributed by atoms with Gasteiger partial charge in [-0.05, 0) is 36.3 Å². The number of pyridine rings is 1. The number of nitrogens with zero attached hydrogens (tertiary/aromatic N) is 1. The van der Waals surface area contributed by atoms with Gasteiger partial charge >= 0.3 is 5.97 Å². The lowest BCUT2D eigenvalue weighted by Gasteiger charge is -2.41. The van der Waals surface area contributed by atoms with Crippen molar-refractivity contribution >= 4 is 11.9 Å². The van der Waals surface area contributed by atoms with Crippen LogP contribution in [-0.4, -0.2) is 27.5 Å². The van der Waals surface area contributed by atoms with Crippen molar-refractivity contribution in [1.29, 1.82) is 0 Å². The largest absolute Gasteiger partial charge is 0.481 e. The van der Waals surface area contributed by atoms with Crippen LogP contribution in [0.25, 0.3) is 0 Å². The van der Waals surface area contributed by atoms with Gasteiger partial charge in [0.15, 0.2) is 0 Å². The minimum atomic E-state index is -0.883. The van der Waals surface area contributed by atoms with Gasteiger partial charge in [0, 0.05) is 6.20 Å². The molecule has 0 unspecified atom stereocenters. The first-order valence-electron chi connectivity index (χ1n) is 7.23. The minimum Gasteiger partial charge on any atom is -0.481 e. The molecule has 5 nitrogen and oxygen atoms in total. The summed E-state index contributed by atoms with van der Waals surface area (Å²) >= 11 is 0. The molecule has 2 N–H and O–H groups in total. The molecule has 5 heteroatoms. The Morgan fingerprint density at radius 1 is 1.33 bits per heavy atom. The zero-order valence-corrected chi connectivity index (χ0v) is 12.8. The van der Waals surface area contributed by atoms with E-state index in [1.54, 1.807) is 12.3 Å². The molecule has 0 radical (unpaired) electrons. The number of carbonyl (C=O) groups excluding carboxylic acids is 1. The van der Waals surface area contributed by atoms with Gasteiger partial charge in [0.25, 0.3) is 5.91 Å². The molecule has 1 amide bonds. The van der Waals surface area contributed by atoms with Crippen molar-refractivity contribution in [1.82, 2.24) is 10.3 Å².